The molecular weight excluding hydrogens is 479 g/mol. The van der Waals surface area contributed by atoms with Gasteiger partial charge in [-0.05, 0) is 62.6 Å². The lowest BCUT2D eigenvalue weighted by Crippen LogP contribution is -2.45. The number of benzene rings is 1. The monoisotopic (exact) mass is 510 g/mol. The van der Waals surface area contributed by atoms with Gasteiger partial charge in [0.15, 0.2) is 5.96 Å². The lowest BCUT2D eigenvalue weighted by molar-refractivity contribution is 0.298. The number of H-pyrrole nitrogens is 1. The molecule has 29 heavy (non-hydrogen) atoms. The molecule has 158 valence electrons. The Morgan fingerprint density at radius 3 is 2.79 bits per heavy atom. The van der Waals surface area contributed by atoms with Crippen LogP contribution in [-0.2, 0) is 19.4 Å². The van der Waals surface area contributed by atoms with Crippen LogP contribution in [0.2, 0.25) is 0 Å². The Labute approximate surface area is 189 Å². The fraction of sp³-hybridized carbons (Fsp3) is 0.571. The summed E-state index contributed by atoms with van der Waals surface area (Å²) >= 11 is 0. The summed E-state index contributed by atoms with van der Waals surface area (Å²) in [6.07, 6.45) is 8.25. The quantitative estimate of drug-likeness (QED) is 0.334. The molecule has 8 heteroatoms. The Morgan fingerprint density at radius 1 is 1.28 bits per heavy atom. The molecule has 1 aliphatic heterocycles. The molecule has 0 atom stereocenters. The molecule has 0 unspecified atom stereocenters. The maximum atomic E-state index is 10.4. The van der Waals surface area contributed by atoms with E-state index in [1.165, 1.54) is 24.0 Å². The zero-order valence-corrected chi connectivity index (χ0v) is 19.4. The molecule has 0 amide bonds. The molecule has 2 heterocycles. The lowest BCUT2D eigenvalue weighted by atomic mass is 9.88. The number of guanidine groups is 1. The maximum Gasteiger partial charge on any atom is 0.194 e. The highest BCUT2D eigenvalue weighted by atomic mass is 127. The van der Waals surface area contributed by atoms with Crippen molar-refractivity contribution in [1.29, 1.82) is 0 Å². The van der Waals surface area contributed by atoms with Crippen LogP contribution in [0.3, 0.4) is 0 Å². The van der Waals surface area contributed by atoms with E-state index in [1.54, 1.807) is 6.33 Å². The molecule has 0 saturated carbocycles. The smallest absolute Gasteiger partial charge is 0.194 e. The maximum absolute atomic E-state index is 10.4. The summed E-state index contributed by atoms with van der Waals surface area (Å²) in [6, 6.07) is 3.92. The van der Waals surface area contributed by atoms with E-state index in [-0.39, 0.29) is 24.0 Å². The highest BCUT2D eigenvalue weighted by molar-refractivity contribution is 14.0. The highest BCUT2D eigenvalue weighted by Gasteiger charge is 2.24. The molecule has 0 bridgehead atoms. The van der Waals surface area contributed by atoms with Crippen molar-refractivity contribution in [1.82, 2.24) is 25.4 Å². The van der Waals surface area contributed by atoms with Crippen LogP contribution in [0.25, 0.3) is 0 Å². The molecule has 2 aliphatic rings. The SMILES string of the molecule is CCNC(=NCc1c(O)ccc2c1CCCC2)N1CCC(c2ncn[nH]2)CC1.I. The van der Waals surface area contributed by atoms with Crippen LogP contribution in [0, 0.1) is 0 Å². The second-order valence-electron chi connectivity index (χ2n) is 7.71. The number of halogens is 1. The van der Waals surface area contributed by atoms with Crippen molar-refractivity contribution in [3.8, 4) is 5.75 Å². The molecule has 3 N–H and O–H groups in total. The van der Waals surface area contributed by atoms with Crippen LogP contribution in [0.1, 0.15) is 61.0 Å². The highest BCUT2D eigenvalue weighted by Crippen LogP contribution is 2.31. The number of likely N-dealkylation sites (tertiary alicyclic amines) is 1. The number of aromatic nitrogens is 3. The van der Waals surface area contributed by atoms with Crippen molar-refractivity contribution in [3.05, 3.63) is 41.0 Å². The van der Waals surface area contributed by atoms with Gasteiger partial charge in [-0.3, -0.25) is 5.10 Å². The van der Waals surface area contributed by atoms with Crippen LogP contribution < -0.4 is 5.32 Å². The van der Waals surface area contributed by atoms with Gasteiger partial charge in [0.1, 0.15) is 17.9 Å². The molecule has 2 aromatic rings. The van der Waals surface area contributed by atoms with Gasteiger partial charge in [0.05, 0.1) is 6.54 Å². The third-order valence-electron chi connectivity index (χ3n) is 5.96. The number of rotatable bonds is 4. The normalized spacial score (nSPS) is 17.6. The summed E-state index contributed by atoms with van der Waals surface area (Å²) in [5, 5.41) is 20.9. The number of nitrogens with zero attached hydrogens (tertiary/aromatic N) is 4. The third-order valence-corrected chi connectivity index (χ3v) is 5.96. The minimum absolute atomic E-state index is 0. The van der Waals surface area contributed by atoms with E-state index in [0.29, 0.717) is 18.2 Å². The summed E-state index contributed by atoms with van der Waals surface area (Å²) in [4.78, 5) is 11.5. The van der Waals surface area contributed by atoms with Crippen LogP contribution in [-0.4, -0.2) is 50.8 Å². The first-order valence-electron chi connectivity index (χ1n) is 10.5. The molecule has 0 radical (unpaired) electrons. The summed E-state index contributed by atoms with van der Waals surface area (Å²) in [5.74, 6) is 2.74. The van der Waals surface area contributed by atoms with E-state index in [2.05, 4.69) is 38.4 Å². The second kappa shape index (κ2) is 10.3. The summed E-state index contributed by atoms with van der Waals surface area (Å²) in [6.45, 7) is 5.34. The van der Waals surface area contributed by atoms with E-state index < -0.39 is 0 Å². The van der Waals surface area contributed by atoms with Crippen LogP contribution >= 0.6 is 24.0 Å². The molecule has 4 rings (SSSR count). The predicted molar refractivity (Wildman–Crippen MR) is 125 cm³/mol. The van der Waals surface area contributed by atoms with Gasteiger partial charge in [-0.2, -0.15) is 5.10 Å². The van der Waals surface area contributed by atoms with Crippen molar-refractivity contribution in [3.63, 3.8) is 0 Å². The molecule has 1 saturated heterocycles. The number of aromatic amines is 1. The van der Waals surface area contributed by atoms with E-state index in [0.717, 1.165) is 62.7 Å². The lowest BCUT2D eigenvalue weighted by Gasteiger charge is -2.33. The summed E-state index contributed by atoms with van der Waals surface area (Å²) < 4.78 is 0. The first-order chi connectivity index (χ1) is 13.8. The Morgan fingerprint density at radius 2 is 2.07 bits per heavy atom. The molecule has 1 aromatic heterocycles. The van der Waals surface area contributed by atoms with Gasteiger partial charge >= 0.3 is 0 Å². The topological polar surface area (TPSA) is 89.4 Å². The van der Waals surface area contributed by atoms with Gasteiger partial charge in [0.2, 0.25) is 0 Å². The van der Waals surface area contributed by atoms with Crippen molar-refractivity contribution < 1.29 is 5.11 Å². The van der Waals surface area contributed by atoms with Crippen molar-refractivity contribution >= 4 is 29.9 Å². The number of fused-ring (bicyclic) bond motifs is 1. The summed E-state index contributed by atoms with van der Waals surface area (Å²) in [7, 11) is 0. The number of aryl methyl sites for hydroxylation is 1. The van der Waals surface area contributed by atoms with Gasteiger partial charge in [-0.1, -0.05) is 6.07 Å². The van der Waals surface area contributed by atoms with E-state index in [4.69, 9.17) is 4.99 Å². The van der Waals surface area contributed by atoms with Crippen molar-refractivity contribution in [2.75, 3.05) is 19.6 Å². The summed E-state index contributed by atoms with van der Waals surface area (Å²) in [5.41, 5.74) is 3.70. The van der Waals surface area contributed by atoms with E-state index in [1.807, 2.05) is 6.07 Å². The third kappa shape index (κ3) is 5.02. The first kappa shape index (κ1) is 21.9. The average Bonchev–Trinajstić information content (AvgIpc) is 3.27. The van der Waals surface area contributed by atoms with Gasteiger partial charge in [-0.25, -0.2) is 9.98 Å². The Bertz CT molecular complexity index is 815. The van der Waals surface area contributed by atoms with Gasteiger partial charge < -0.3 is 15.3 Å². The number of phenolic OH excluding ortho intramolecular Hbond substituents is 1. The van der Waals surface area contributed by atoms with Crippen LogP contribution in [0.4, 0.5) is 0 Å². The first-order valence-corrected chi connectivity index (χ1v) is 10.5. The number of aliphatic imine (C=N–C) groups is 1. The van der Waals surface area contributed by atoms with Crippen molar-refractivity contribution in [2.45, 2.75) is 57.9 Å². The average molecular weight is 510 g/mol. The fourth-order valence-electron chi connectivity index (χ4n) is 4.42. The zero-order chi connectivity index (χ0) is 19.3. The predicted octanol–water partition coefficient (Wildman–Crippen LogP) is 3.35. The second-order valence-corrected chi connectivity index (χ2v) is 7.71. The van der Waals surface area contributed by atoms with E-state index in [9.17, 15) is 5.11 Å². The van der Waals surface area contributed by atoms with Crippen molar-refractivity contribution in [2.24, 2.45) is 4.99 Å². The minimum Gasteiger partial charge on any atom is -0.508 e. The number of aromatic hydroxyl groups is 1. The number of piperidine rings is 1. The number of phenols is 1. The minimum atomic E-state index is 0. The Kier molecular flexibility index (Phi) is 7.74. The molecule has 0 spiro atoms. The zero-order valence-electron chi connectivity index (χ0n) is 17.0. The number of hydrogen-bond acceptors (Lipinski definition) is 4. The fourth-order valence-corrected chi connectivity index (χ4v) is 4.42. The van der Waals surface area contributed by atoms with Gasteiger partial charge in [-0.15, -0.1) is 24.0 Å². The molecule has 7 nitrogen and oxygen atoms in total. The number of hydrogen-bond donors (Lipinski definition) is 3. The van der Waals surface area contributed by atoms with Gasteiger partial charge in [0, 0.05) is 31.1 Å². The molecule has 1 aromatic carbocycles. The Hall–Kier alpha value is -1.84. The Balaban J connectivity index is 0.00000240. The standard InChI is InChI=1S/C21H30N6O.HI/c1-2-22-21(27-11-9-16(10-12-27)20-24-14-25-26-20)23-13-18-17-6-4-3-5-15(17)7-8-19(18)28;/h7-8,14,16,28H,2-6,9-13H2,1H3,(H,22,23)(H,24,25,26);1H. The molecule has 1 fully saturated rings. The van der Waals surface area contributed by atoms with Gasteiger partial charge in [0.25, 0.3) is 0 Å². The van der Waals surface area contributed by atoms with E-state index >= 15 is 0 Å². The van der Waals surface area contributed by atoms with Crippen LogP contribution in [0.15, 0.2) is 23.5 Å². The largest absolute Gasteiger partial charge is 0.508 e. The molecular formula is C21H31IN6O. The molecule has 1 aliphatic carbocycles. The number of nitrogens with one attached hydrogen (secondary N) is 2. The van der Waals surface area contributed by atoms with Crippen LogP contribution in [0.5, 0.6) is 5.75 Å².